The van der Waals surface area contributed by atoms with E-state index < -0.39 is 5.41 Å². The van der Waals surface area contributed by atoms with E-state index in [2.05, 4.69) is 97.1 Å². The van der Waals surface area contributed by atoms with Crippen LogP contribution in [-0.2, 0) is 5.41 Å². The van der Waals surface area contributed by atoms with E-state index in [0.29, 0.717) is 5.82 Å². The number of nitrogens with zero attached hydrogens (tertiary/aromatic N) is 2. The maximum atomic E-state index is 7.77. The Morgan fingerprint density at radius 2 is 1.21 bits per heavy atom. The number of aromatic nitrogens is 2. The Balaban J connectivity index is 1.17. The van der Waals surface area contributed by atoms with Crippen molar-refractivity contribution in [1.82, 2.24) is 9.97 Å². The Morgan fingerprint density at radius 1 is 0.562 bits per heavy atom. The van der Waals surface area contributed by atoms with Gasteiger partial charge in [0.05, 0.1) is 16.6 Å². The smallest absolute Gasteiger partial charge is 0.160 e. The maximum absolute atomic E-state index is 7.77. The predicted molar refractivity (Wildman–Crippen MR) is 195 cm³/mol. The Kier molecular flexibility index (Phi) is 6.47. The van der Waals surface area contributed by atoms with Crippen molar-refractivity contribution in [3.8, 4) is 45.3 Å². The summed E-state index contributed by atoms with van der Waals surface area (Å²) in [6.07, 6.45) is 7.46. The molecule has 0 fully saturated rings. The van der Waals surface area contributed by atoms with Gasteiger partial charge in [-0.3, -0.25) is 0 Å². The molecule has 1 aliphatic heterocycles. The minimum absolute atomic E-state index is 0.580. The van der Waals surface area contributed by atoms with Crippen molar-refractivity contribution in [2.45, 2.75) is 5.41 Å². The lowest BCUT2D eigenvalue weighted by Crippen LogP contribution is -2.32. The second-order valence-corrected chi connectivity index (χ2v) is 12.1. The lowest BCUT2D eigenvalue weighted by molar-refractivity contribution is 0.436. The molecule has 6 aromatic carbocycles. The van der Waals surface area contributed by atoms with Crippen LogP contribution in [0.25, 0.3) is 50.8 Å². The summed E-state index contributed by atoms with van der Waals surface area (Å²) in [7, 11) is 0. The van der Waals surface area contributed by atoms with E-state index in [1.54, 1.807) is 6.08 Å². The van der Waals surface area contributed by atoms with Gasteiger partial charge in [0.2, 0.25) is 0 Å². The summed E-state index contributed by atoms with van der Waals surface area (Å²) in [5.74, 6) is 2.39. The molecule has 2 aliphatic rings. The van der Waals surface area contributed by atoms with Crippen molar-refractivity contribution >= 4 is 23.2 Å². The number of hydrogen-bond donors (Lipinski definition) is 1. The Bertz CT molecular complexity index is 2400. The van der Waals surface area contributed by atoms with Gasteiger partial charge in [-0.25, -0.2) is 9.97 Å². The van der Waals surface area contributed by atoms with E-state index >= 15 is 0 Å². The number of ether oxygens (including phenoxy) is 1. The lowest BCUT2D eigenvalue weighted by Gasteiger charge is -2.40. The number of benzene rings is 6. The first-order valence-corrected chi connectivity index (χ1v) is 16.1. The molecular weight excluding hydrogens is 587 g/mol. The van der Waals surface area contributed by atoms with Gasteiger partial charge in [-0.1, -0.05) is 127 Å². The van der Waals surface area contributed by atoms with Gasteiger partial charge in [0.25, 0.3) is 0 Å². The maximum Gasteiger partial charge on any atom is 0.160 e. The van der Waals surface area contributed by atoms with E-state index in [0.717, 1.165) is 72.6 Å². The highest BCUT2D eigenvalue weighted by molar-refractivity contribution is 5.94. The van der Waals surface area contributed by atoms with E-state index in [9.17, 15) is 0 Å². The molecule has 0 radical (unpaired) electrons. The van der Waals surface area contributed by atoms with Crippen LogP contribution in [0.1, 0.15) is 22.3 Å². The molecule has 0 unspecified atom stereocenters. The fourth-order valence-corrected chi connectivity index (χ4v) is 7.37. The zero-order valence-corrected chi connectivity index (χ0v) is 26.0. The quantitative estimate of drug-likeness (QED) is 0.196. The Hall–Kier alpha value is -6.39. The summed E-state index contributed by atoms with van der Waals surface area (Å²) < 4.78 is 6.46. The molecule has 4 nitrogen and oxygen atoms in total. The standard InChI is InChI=1S/C44H29N3O/c45-26-10-13-34-27-33-25-24-32(28-38(33)44(34)36-15-5-8-18-40(36)48-41-19-9-6-16-37(41)44)29-20-22-31(23-21-29)43-46-39-17-7-4-14-35(39)42(47-43)30-11-2-1-3-12-30/h1-28,45H/b13-10-,45-26?. The topological polar surface area (TPSA) is 58.9 Å². The Morgan fingerprint density at radius 3 is 1.96 bits per heavy atom. The van der Waals surface area contributed by atoms with Crippen LogP contribution < -0.4 is 4.74 Å². The average molecular weight is 616 g/mol. The number of rotatable bonds is 5. The van der Waals surface area contributed by atoms with Crippen molar-refractivity contribution in [2.75, 3.05) is 0 Å². The zero-order chi connectivity index (χ0) is 32.1. The molecule has 1 aromatic heterocycles. The van der Waals surface area contributed by atoms with Gasteiger partial charge in [-0.2, -0.15) is 0 Å². The fourth-order valence-electron chi connectivity index (χ4n) is 7.37. The molecule has 7 aromatic rings. The second kappa shape index (κ2) is 11.1. The van der Waals surface area contributed by atoms with Gasteiger partial charge in [0, 0.05) is 33.9 Å². The number of hydrogen-bond acceptors (Lipinski definition) is 4. The van der Waals surface area contributed by atoms with Gasteiger partial charge < -0.3 is 10.1 Å². The number of fused-ring (bicyclic) bond motifs is 7. The van der Waals surface area contributed by atoms with Crippen molar-refractivity contribution in [1.29, 1.82) is 5.41 Å². The van der Waals surface area contributed by atoms with Gasteiger partial charge in [-0.15, -0.1) is 0 Å². The Labute approximate surface area is 278 Å². The normalized spacial score (nSPS) is 13.9. The molecule has 9 rings (SSSR count). The van der Waals surface area contributed by atoms with Crippen molar-refractivity contribution < 1.29 is 4.74 Å². The molecule has 0 bridgehead atoms. The summed E-state index contributed by atoms with van der Waals surface area (Å²) in [6.45, 7) is 0. The fraction of sp³-hybridized carbons (Fsp3) is 0.0227. The number of para-hydroxylation sites is 3. The highest BCUT2D eigenvalue weighted by atomic mass is 16.5. The minimum atomic E-state index is -0.580. The highest BCUT2D eigenvalue weighted by Gasteiger charge is 2.49. The van der Waals surface area contributed by atoms with Crippen molar-refractivity contribution in [3.63, 3.8) is 0 Å². The van der Waals surface area contributed by atoms with E-state index in [-0.39, 0.29) is 0 Å². The molecule has 0 amide bonds. The third-order valence-electron chi connectivity index (χ3n) is 9.50. The lowest BCUT2D eigenvalue weighted by atomic mass is 9.65. The van der Waals surface area contributed by atoms with Crippen LogP contribution in [-0.4, -0.2) is 16.2 Å². The van der Waals surface area contributed by atoms with Crippen LogP contribution in [0.15, 0.2) is 163 Å². The molecule has 1 N–H and O–H groups in total. The van der Waals surface area contributed by atoms with Crippen LogP contribution in [0.3, 0.4) is 0 Å². The van der Waals surface area contributed by atoms with Gasteiger partial charge in [-0.05, 0) is 64.2 Å². The van der Waals surface area contributed by atoms with Crippen LogP contribution in [0.5, 0.6) is 11.5 Å². The van der Waals surface area contributed by atoms with E-state index in [1.807, 2.05) is 60.7 Å². The average Bonchev–Trinajstić information content (AvgIpc) is 3.47. The monoisotopic (exact) mass is 615 g/mol. The molecule has 1 aliphatic carbocycles. The molecular formula is C44H29N3O. The number of allylic oxidation sites excluding steroid dienone is 3. The molecule has 0 saturated carbocycles. The summed E-state index contributed by atoms with van der Waals surface area (Å²) in [5.41, 5.74) is 11.2. The van der Waals surface area contributed by atoms with Gasteiger partial charge in [0.15, 0.2) is 5.82 Å². The van der Waals surface area contributed by atoms with Crippen molar-refractivity contribution in [2.24, 2.45) is 0 Å². The highest BCUT2D eigenvalue weighted by Crippen LogP contribution is 2.59. The third kappa shape index (κ3) is 4.27. The molecule has 0 saturated heterocycles. The van der Waals surface area contributed by atoms with Crippen LogP contribution >= 0.6 is 0 Å². The second-order valence-electron chi connectivity index (χ2n) is 12.1. The summed E-state index contributed by atoms with van der Waals surface area (Å²) in [5, 5.41) is 8.81. The molecule has 2 heterocycles. The van der Waals surface area contributed by atoms with Crippen molar-refractivity contribution in [3.05, 3.63) is 186 Å². The first-order chi connectivity index (χ1) is 23.7. The molecule has 226 valence electrons. The van der Waals surface area contributed by atoms with Gasteiger partial charge >= 0.3 is 0 Å². The van der Waals surface area contributed by atoms with Crippen LogP contribution in [0.2, 0.25) is 0 Å². The predicted octanol–water partition coefficient (Wildman–Crippen LogP) is 10.7. The summed E-state index contributed by atoms with van der Waals surface area (Å²) >= 11 is 0. The van der Waals surface area contributed by atoms with Gasteiger partial charge in [0.1, 0.15) is 11.5 Å². The largest absolute Gasteiger partial charge is 0.457 e. The molecule has 1 spiro atoms. The van der Waals surface area contributed by atoms with E-state index in [4.69, 9.17) is 20.1 Å². The summed E-state index contributed by atoms with van der Waals surface area (Å²) in [4.78, 5) is 10.0. The molecule has 4 heteroatoms. The molecule has 48 heavy (non-hydrogen) atoms. The number of nitrogens with one attached hydrogen (secondary N) is 1. The first-order valence-electron chi connectivity index (χ1n) is 16.1. The molecule has 0 atom stereocenters. The van der Waals surface area contributed by atoms with E-state index in [1.165, 1.54) is 11.8 Å². The van der Waals surface area contributed by atoms with Crippen LogP contribution in [0, 0.1) is 5.41 Å². The summed E-state index contributed by atoms with van der Waals surface area (Å²) in [6, 6.07) is 50.4. The SMILES string of the molecule is N=C/C=C\C1=Cc2ccc(-c3ccc(-c4nc(-c5ccccc5)c5ccccc5n4)cc3)cc2C12c1ccccc1Oc1ccccc12. The van der Waals surface area contributed by atoms with Crippen LogP contribution in [0.4, 0.5) is 0 Å². The minimum Gasteiger partial charge on any atom is -0.457 e. The zero-order valence-electron chi connectivity index (χ0n) is 26.0. The third-order valence-corrected chi connectivity index (χ3v) is 9.50. The first kappa shape index (κ1) is 27.9.